The highest BCUT2D eigenvalue weighted by atomic mass is 16.6. The number of hydrogen-bond acceptors (Lipinski definition) is 12. The zero-order chi connectivity index (χ0) is 39.2. The van der Waals surface area contributed by atoms with Gasteiger partial charge in [0.05, 0.1) is 37.0 Å². The topological polar surface area (TPSA) is 217 Å². The lowest BCUT2D eigenvalue weighted by atomic mass is 9.44. The Kier molecular flexibility index (Phi) is 13.2. The van der Waals surface area contributed by atoms with Crippen molar-refractivity contribution in [1.82, 2.24) is 15.6 Å². The maximum Gasteiger partial charge on any atom is 0.305 e. The van der Waals surface area contributed by atoms with Crippen molar-refractivity contribution in [1.29, 1.82) is 0 Å². The Bertz CT molecular complexity index is 1720. The summed E-state index contributed by atoms with van der Waals surface area (Å²) in [4.78, 5) is 39.5. The van der Waals surface area contributed by atoms with Gasteiger partial charge in [0.25, 0.3) is 0 Å². The molecule has 2 N–H and O–H groups in total. The number of carbonyl (C=O) groups excluding carboxylic acids is 2. The predicted molar refractivity (Wildman–Crippen MR) is 204 cm³/mol. The Morgan fingerprint density at radius 3 is 2.51 bits per heavy atom. The van der Waals surface area contributed by atoms with Crippen LogP contribution in [0.5, 0.6) is 0 Å². The average molecular weight is 767 g/mol. The molecule has 302 valence electrons. The first-order valence-electron chi connectivity index (χ1n) is 20.2. The van der Waals surface area contributed by atoms with Gasteiger partial charge in [-0.1, -0.05) is 25.9 Å². The van der Waals surface area contributed by atoms with Gasteiger partial charge in [-0.25, -0.2) is 4.63 Å². The number of hydrogen-bond donors (Lipinski definition) is 2. The molecule has 16 heteroatoms. The van der Waals surface area contributed by atoms with Crippen molar-refractivity contribution < 1.29 is 33.4 Å². The van der Waals surface area contributed by atoms with E-state index in [4.69, 9.17) is 24.4 Å². The second-order valence-electron chi connectivity index (χ2n) is 17.0. The fraction of sp³-hybridized carbons (Fsp3) is 0.795. The molecule has 16 nitrogen and oxygen atoms in total. The normalized spacial score (nSPS) is 30.9. The summed E-state index contributed by atoms with van der Waals surface area (Å²) in [6, 6.07) is 2.42. The van der Waals surface area contributed by atoms with Crippen LogP contribution in [-0.2, 0) is 23.8 Å². The lowest BCUT2D eigenvalue weighted by Gasteiger charge is -2.61. The monoisotopic (exact) mass is 766 g/mol. The minimum absolute atomic E-state index is 0.0487. The van der Waals surface area contributed by atoms with Crippen molar-refractivity contribution in [3.05, 3.63) is 32.7 Å². The smallest absolute Gasteiger partial charge is 0.305 e. The molecule has 10 atom stereocenters. The number of nitrogens with one attached hydrogen (secondary N) is 2. The van der Waals surface area contributed by atoms with Crippen molar-refractivity contribution >= 4 is 34.3 Å². The lowest BCUT2D eigenvalue weighted by molar-refractivity contribution is -0.383. The maximum atomic E-state index is 13.4. The predicted octanol–water partition coefficient (Wildman–Crippen LogP) is 7.38. The highest BCUT2D eigenvalue weighted by Crippen LogP contribution is 2.68. The highest BCUT2D eigenvalue weighted by molar-refractivity contribution is 5.95. The fourth-order valence-corrected chi connectivity index (χ4v) is 11.4. The molecule has 1 heterocycles. The third-order valence-corrected chi connectivity index (χ3v) is 14.2. The number of benzene rings is 1. The number of esters is 1. The molecule has 0 bridgehead atoms. The third-order valence-electron chi connectivity index (χ3n) is 14.2. The van der Waals surface area contributed by atoms with Crippen molar-refractivity contribution in [2.45, 2.75) is 110 Å². The first-order chi connectivity index (χ1) is 26.5. The van der Waals surface area contributed by atoms with Crippen molar-refractivity contribution in [3.63, 3.8) is 0 Å². The molecule has 6 rings (SSSR count). The molecule has 1 aromatic heterocycles. The van der Waals surface area contributed by atoms with E-state index in [1.807, 2.05) is 0 Å². The van der Waals surface area contributed by atoms with Crippen LogP contribution in [0.2, 0.25) is 0 Å². The van der Waals surface area contributed by atoms with Crippen LogP contribution in [-0.4, -0.2) is 78.8 Å². The summed E-state index contributed by atoms with van der Waals surface area (Å²) in [5.41, 5.74) is 9.39. The van der Waals surface area contributed by atoms with Gasteiger partial charge in [0.2, 0.25) is 11.4 Å². The number of anilines is 1. The van der Waals surface area contributed by atoms with E-state index in [9.17, 15) is 19.7 Å². The Morgan fingerprint density at radius 2 is 1.73 bits per heavy atom. The number of amides is 1. The van der Waals surface area contributed by atoms with E-state index in [1.165, 1.54) is 50.7 Å². The van der Waals surface area contributed by atoms with Gasteiger partial charge in [-0.05, 0) is 139 Å². The molecule has 1 aromatic carbocycles. The number of nitro groups is 1. The summed E-state index contributed by atoms with van der Waals surface area (Å²) in [5.74, 6) is 3.54. The second-order valence-corrected chi connectivity index (χ2v) is 17.0. The van der Waals surface area contributed by atoms with Gasteiger partial charge in [-0.2, -0.15) is 0 Å². The minimum atomic E-state index is -0.579. The first kappa shape index (κ1) is 40.6. The molecule has 0 spiro atoms. The summed E-state index contributed by atoms with van der Waals surface area (Å²) < 4.78 is 21.0. The number of aromatic nitrogens is 2. The lowest BCUT2D eigenvalue weighted by Crippen LogP contribution is -2.56. The number of non-ortho nitro benzene ring substituents is 1. The number of rotatable bonds is 18. The van der Waals surface area contributed by atoms with Gasteiger partial charge in [0, 0.05) is 30.0 Å². The Balaban J connectivity index is 0.943. The quantitative estimate of drug-likeness (QED) is 0.0290. The molecule has 4 unspecified atom stereocenters. The average Bonchev–Trinajstić information content (AvgIpc) is 3.80. The highest BCUT2D eigenvalue weighted by Gasteiger charge is 2.60. The number of fused-ring (bicyclic) bond motifs is 6. The van der Waals surface area contributed by atoms with Crippen LogP contribution >= 0.6 is 0 Å². The molecular formula is C39H58N8O8. The van der Waals surface area contributed by atoms with Crippen LogP contribution in [0, 0.1) is 56.5 Å². The number of nitrogens with zero attached hydrogens (tertiary/aromatic N) is 6. The third kappa shape index (κ3) is 8.86. The van der Waals surface area contributed by atoms with Crippen LogP contribution < -0.4 is 10.6 Å². The molecule has 0 saturated heterocycles. The molecule has 4 aliphatic rings. The van der Waals surface area contributed by atoms with Crippen molar-refractivity contribution in [2.24, 2.45) is 51.5 Å². The molecule has 0 radical (unpaired) electrons. The van der Waals surface area contributed by atoms with Crippen molar-refractivity contribution in [2.75, 3.05) is 44.9 Å². The van der Waals surface area contributed by atoms with E-state index >= 15 is 0 Å². The number of carbonyl (C=O) groups is 2. The SMILES string of the molecule is C[C@H](Nc1ccc([N+](=O)[O-])c2nonc12)C(=O)N[C@@H]1CC[C@]2(C)C3CC[C@@]4(C)C(CCC4[C@H](C)CCC(=O)OCCOCCOCCN=[N+]=[N-])C3CC[C@@H]2C1. The largest absolute Gasteiger partial charge is 0.463 e. The van der Waals surface area contributed by atoms with Crippen LogP contribution in [0.4, 0.5) is 11.4 Å². The summed E-state index contributed by atoms with van der Waals surface area (Å²) >= 11 is 0. The van der Waals surface area contributed by atoms with E-state index in [1.54, 1.807) is 6.92 Å². The summed E-state index contributed by atoms with van der Waals surface area (Å²) in [6.45, 7) is 11.2. The van der Waals surface area contributed by atoms with Crippen LogP contribution in [0.15, 0.2) is 21.9 Å². The summed E-state index contributed by atoms with van der Waals surface area (Å²) in [7, 11) is 0. The molecule has 1 amide bonds. The molecule has 4 fully saturated rings. The van der Waals surface area contributed by atoms with Crippen LogP contribution in [0.1, 0.15) is 98.3 Å². The van der Waals surface area contributed by atoms with Gasteiger partial charge in [0.1, 0.15) is 12.6 Å². The zero-order valence-electron chi connectivity index (χ0n) is 32.7. The number of ether oxygens (including phenoxy) is 3. The Hall–Kier alpha value is -4.01. The van der Waals surface area contributed by atoms with E-state index < -0.39 is 11.0 Å². The fourth-order valence-electron chi connectivity index (χ4n) is 11.4. The van der Waals surface area contributed by atoms with Crippen molar-refractivity contribution in [3.8, 4) is 0 Å². The second kappa shape index (κ2) is 17.8. The van der Waals surface area contributed by atoms with E-state index in [0.29, 0.717) is 74.2 Å². The first-order valence-corrected chi connectivity index (χ1v) is 20.2. The maximum absolute atomic E-state index is 13.4. The van der Waals surface area contributed by atoms with Gasteiger partial charge in [-0.15, -0.1) is 0 Å². The van der Waals surface area contributed by atoms with Crippen LogP contribution in [0.3, 0.4) is 0 Å². The molecule has 4 saturated carbocycles. The van der Waals surface area contributed by atoms with E-state index in [0.717, 1.165) is 37.5 Å². The van der Waals surface area contributed by atoms with Gasteiger partial charge >= 0.3 is 11.7 Å². The zero-order valence-corrected chi connectivity index (χ0v) is 32.7. The van der Waals surface area contributed by atoms with Gasteiger partial charge in [-0.3, -0.25) is 19.7 Å². The minimum Gasteiger partial charge on any atom is -0.463 e. The Labute approximate surface area is 322 Å². The molecule has 4 aliphatic carbocycles. The molecule has 2 aromatic rings. The molecule has 55 heavy (non-hydrogen) atoms. The Morgan fingerprint density at radius 1 is 1.00 bits per heavy atom. The van der Waals surface area contributed by atoms with E-state index in [2.05, 4.69) is 51.7 Å². The number of azide groups is 1. The van der Waals surface area contributed by atoms with Gasteiger partial charge in [0.15, 0.2) is 5.52 Å². The molecule has 0 aliphatic heterocycles. The van der Waals surface area contributed by atoms with E-state index in [-0.39, 0.29) is 46.7 Å². The summed E-state index contributed by atoms with van der Waals surface area (Å²) in [6.07, 6.45) is 11.8. The van der Waals surface area contributed by atoms with Crippen LogP contribution in [0.25, 0.3) is 21.5 Å². The molecular weight excluding hydrogens is 708 g/mol. The number of nitro benzene ring substituents is 1. The standard InChI is InChI=1S/C39H58N8O8/c1-24(5-12-34(48)54-22-21-53-20-19-52-18-17-41-46-40)29-8-9-30-28-7-6-26-23-27(13-15-38(26,3)31(28)14-16-39(29,30)4)43-37(49)25(2)42-32-10-11-33(47(50)51)36-35(32)44-55-45-36/h10-11,24-31,42H,5-9,12-23H2,1-4H3,(H,43,49)/t24-,25+,26-,27-,28?,29?,30?,31?,38+,39-/m1/s1. The van der Waals surface area contributed by atoms with Gasteiger partial charge < -0.3 is 24.8 Å². The summed E-state index contributed by atoms with van der Waals surface area (Å²) in [5, 5.41) is 28.8.